The average Bonchev–Trinajstić information content (AvgIpc) is 2.75. The van der Waals surface area contributed by atoms with Crippen molar-refractivity contribution in [2.75, 3.05) is 6.54 Å². The number of phenolic OH excluding ortho intramolecular Hbond substituents is 1. The highest BCUT2D eigenvalue weighted by molar-refractivity contribution is 7.09. The van der Waals surface area contributed by atoms with Crippen LogP contribution >= 0.6 is 11.3 Å². The molecule has 5 heteroatoms. The number of carbonyl (C=O) groups is 1. The van der Waals surface area contributed by atoms with E-state index in [1.165, 1.54) is 0 Å². The molecule has 4 nitrogen and oxygen atoms in total. The Hall–Kier alpha value is -1.88. The molecule has 0 unspecified atom stereocenters. The number of aromatic nitrogens is 1. The summed E-state index contributed by atoms with van der Waals surface area (Å²) in [4.78, 5) is 16.2. The molecular formula is C14H16N2O2S. The second kappa shape index (κ2) is 5.84. The average molecular weight is 276 g/mol. The van der Waals surface area contributed by atoms with E-state index in [9.17, 15) is 9.90 Å². The minimum atomic E-state index is -0.260. The van der Waals surface area contributed by atoms with Crippen LogP contribution in [0.2, 0.25) is 0 Å². The van der Waals surface area contributed by atoms with Gasteiger partial charge in [0.15, 0.2) is 0 Å². The van der Waals surface area contributed by atoms with E-state index in [1.807, 2.05) is 19.2 Å². The zero-order chi connectivity index (χ0) is 13.8. The van der Waals surface area contributed by atoms with Crippen LogP contribution in [-0.2, 0) is 6.42 Å². The van der Waals surface area contributed by atoms with Crippen LogP contribution in [0, 0.1) is 13.8 Å². The van der Waals surface area contributed by atoms with Crippen LogP contribution in [0.25, 0.3) is 0 Å². The van der Waals surface area contributed by atoms with Crippen molar-refractivity contribution in [3.8, 4) is 5.75 Å². The van der Waals surface area contributed by atoms with E-state index in [2.05, 4.69) is 10.3 Å². The summed E-state index contributed by atoms with van der Waals surface area (Å²) in [5, 5.41) is 15.5. The van der Waals surface area contributed by atoms with E-state index in [0.29, 0.717) is 18.5 Å². The van der Waals surface area contributed by atoms with Crippen LogP contribution in [0.15, 0.2) is 23.6 Å². The molecule has 0 radical (unpaired) electrons. The van der Waals surface area contributed by atoms with E-state index < -0.39 is 0 Å². The second-order valence-electron chi connectivity index (χ2n) is 4.38. The Morgan fingerprint density at radius 1 is 1.42 bits per heavy atom. The molecule has 0 bridgehead atoms. The molecule has 19 heavy (non-hydrogen) atoms. The van der Waals surface area contributed by atoms with Gasteiger partial charge in [0.1, 0.15) is 5.75 Å². The number of hydrogen-bond acceptors (Lipinski definition) is 4. The van der Waals surface area contributed by atoms with Crippen LogP contribution in [0.5, 0.6) is 5.75 Å². The smallest absolute Gasteiger partial charge is 0.255 e. The highest BCUT2D eigenvalue weighted by atomic mass is 32.1. The first-order valence-electron chi connectivity index (χ1n) is 6.05. The van der Waals surface area contributed by atoms with Gasteiger partial charge in [0, 0.05) is 18.3 Å². The van der Waals surface area contributed by atoms with E-state index in [4.69, 9.17) is 0 Å². The topological polar surface area (TPSA) is 62.2 Å². The first kappa shape index (κ1) is 13.5. The van der Waals surface area contributed by atoms with Crippen LogP contribution in [0.1, 0.15) is 26.6 Å². The number of phenols is 1. The highest BCUT2D eigenvalue weighted by Crippen LogP contribution is 2.18. The van der Waals surface area contributed by atoms with Gasteiger partial charge in [-0.2, -0.15) is 0 Å². The number of nitrogens with one attached hydrogen (secondary N) is 1. The van der Waals surface area contributed by atoms with E-state index in [0.717, 1.165) is 16.3 Å². The maximum Gasteiger partial charge on any atom is 0.255 e. The fourth-order valence-electron chi connectivity index (χ4n) is 1.76. The van der Waals surface area contributed by atoms with Crippen molar-refractivity contribution in [3.05, 3.63) is 45.4 Å². The molecule has 1 heterocycles. The molecule has 2 N–H and O–H groups in total. The third kappa shape index (κ3) is 3.54. The minimum absolute atomic E-state index is 0.0157. The van der Waals surface area contributed by atoms with Gasteiger partial charge in [0.2, 0.25) is 0 Å². The predicted octanol–water partition coefficient (Wildman–Crippen LogP) is 2.44. The van der Waals surface area contributed by atoms with Gasteiger partial charge >= 0.3 is 0 Å². The normalized spacial score (nSPS) is 10.4. The van der Waals surface area contributed by atoms with Gasteiger partial charge in [0.25, 0.3) is 5.91 Å². The van der Waals surface area contributed by atoms with Gasteiger partial charge in [-0.15, -0.1) is 11.3 Å². The Bertz CT molecular complexity index is 593. The lowest BCUT2D eigenvalue weighted by atomic mass is 10.1. The zero-order valence-corrected chi connectivity index (χ0v) is 11.8. The number of benzene rings is 1. The zero-order valence-electron chi connectivity index (χ0n) is 10.9. The maximum absolute atomic E-state index is 11.9. The lowest BCUT2D eigenvalue weighted by Gasteiger charge is -2.06. The molecule has 0 saturated heterocycles. The van der Waals surface area contributed by atoms with Crippen molar-refractivity contribution in [2.24, 2.45) is 0 Å². The summed E-state index contributed by atoms with van der Waals surface area (Å²) in [7, 11) is 0. The molecule has 0 aliphatic rings. The SMILES string of the molecule is Cc1ccc(C(=O)NCCc2csc(C)n2)c(O)c1. The van der Waals surface area contributed by atoms with E-state index >= 15 is 0 Å². The Morgan fingerprint density at radius 3 is 2.84 bits per heavy atom. The molecule has 1 aromatic heterocycles. The summed E-state index contributed by atoms with van der Waals surface area (Å²) in [5.41, 5.74) is 2.21. The molecule has 100 valence electrons. The summed E-state index contributed by atoms with van der Waals surface area (Å²) >= 11 is 1.60. The molecular weight excluding hydrogens is 260 g/mol. The largest absolute Gasteiger partial charge is 0.507 e. The molecule has 0 atom stereocenters. The molecule has 2 aromatic rings. The predicted molar refractivity (Wildman–Crippen MR) is 75.7 cm³/mol. The first-order chi connectivity index (χ1) is 9.06. The quantitative estimate of drug-likeness (QED) is 0.901. The molecule has 0 aliphatic heterocycles. The summed E-state index contributed by atoms with van der Waals surface area (Å²) < 4.78 is 0. The van der Waals surface area contributed by atoms with Crippen LogP contribution < -0.4 is 5.32 Å². The number of aromatic hydroxyl groups is 1. The molecule has 0 saturated carbocycles. The third-order valence-corrected chi connectivity index (χ3v) is 3.55. The fourth-order valence-corrected chi connectivity index (χ4v) is 2.40. The highest BCUT2D eigenvalue weighted by Gasteiger charge is 2.10. The Labute approximate surface area is 116 Å². The summed E-state index contributed by atoms with van der Waals surface area (Å²) in [6, 6.07) is 5.02. The standard InChI is InChI=1S/C14H16N2O2S/c1-9-3-4-12(13(17)7-9)14(18)15-6-5-11-8-19-10(2)16-11/h3-4,7-8,17H,5-6H2,1-2H3,(H,15,18). The number of amides is 1. The van der Waals surface area contributed by atoms with Gasteiger partial charge in [-0.05, 0) is 31.5 Å². The summed E-state index contributed by atoms with van der Waals surface area (Å²) in [5.74, 6) is -0.244. The van der Waals surface area contributed by atoms with Crippen LogP contribution in [-0.4, -0.2) is 22.5 Å². The molecule has 1 amide bonds. The van der Waals surface area contributed by atoms with Gasteiger partial charge in [-0.25, -0.2) is 4.98 Å². The molecule has 0 spiro atoms. The monoisotopic (exact) mass is 276 g/mol. The van der Waals surface area contributed by atoms with E-state index in [1.54, 1.807) is 29.5 Å². The Balaban J connectivity index is 1.90. The van der Waals surface area contributed by atoms with Crippen molar-refractivity contribution < 1.29 is 9.90 Å². The minimum Gasteiger partial charge on any atom is -0.507 e. The van der Waals surface area contributed by atoms with Crippen molar-refractivity contribution in [2.45, 2.75) is 20.3 Å². The van der Waals surface area contributed by atoms with Crippen LogP contribution in [0.3, 0.4) is 0 Å². The Morgan fingerprint density at radius 2 is 2.21 bits per heavy atom. The number of nitrogens with zero attached hydrogens (tertiary/aromatic N) is 1. The number of hydrogen-bond donors (Lipinski definition) is 2. The van der Waals surface area contributed by atoms with Crippen molar-refractivity contribution >= 4 is 17.2 Å². The van der Waals surface area contributed by atoms with Gasteiger partial charge in [-0.3, -0.25) is 4.79 Å². The number of rotatable bonds is 4. The number of carbonyl (C=O) groups excluding carboxylic acids is 1. The van der Waals surface area contributed by atoms with Gasteiger partial charge < -0.3 is 10.4 Å². The molecule has 1 aromatic carbocycles. The van der Waals surface area contributed by atoms with Crippen molar-refractivity contribution in [1.29, 1.82) is 0 Å². The third-order valence-electron chi connectivity index (χ3n) is 2.73. The Kier molecular flexibility index (Phi) is 4.16. The van der Waals surface area contributed by atoms with Crippen LogP contribution in [0.4, 0.5) is 0 Å². The second-order valence-corrected chi connectivity index (χ2v) is 5.45. The van der Waals surface area contributed by atoms with Crippen molar-refractivity contribution in [1.82, 2.24) is 10.3 Å². The first-order valence-corrected chi connectivity index (χ1v) is 6.93. The summed E-state index contributed by atoms with van der Waals surface area (Å²) in [6.45, 7) is 4.33. The fraction of sp³-hybridized carbons (Fsp3) is 0.286. The van der Waals surface area contributed by atoms with Gasteiger partial charge in [-0.1, -0.05) is 6.07 Å². The molecule has 2 rings (SSSR count). The maximum atomic E-state index is 11.9. The molecule has 0 fully saturated rings. The number of aryl methyl sites for hydroxylation is 2. The van der Waals surface area contributed by atoms with E-state index in [-0.39, 0.29) is 11.7 Å². The summed E-state index contributed by atoms with van der Waals surface area (Å²) in [6.07, 6.45) is 0.697. The van der Waals surface area contributed by atoms with Crippen molar-refractivity contribution in [3.63, 3.8) is 0 Å². The molecule has 0 aliphatic carbocycles. The lowest BCUT2D eigenvalue weighted by molar-refractivity contribution is 0.0951. The number of thiazole rings is 1. The lowest BCUT2D eigenvalue weighted by Crippen LogP contribution is -2.25. The van der Waals surface area contributed by atoms with Gasteiger partial charge in [0.05, 0.1) is 16.3 Å².